The van der Waals surface area contributed by atoms with Crippen LogP contribution in [0, 0.1) is 0 Å². The van der Waals surface area contributed by atoms with E-state index in [9.17, 15) is 4.79 Å². The molecule has 0 radical (unpaired) electrons. The molecule has 0 spiro atoms. The highest BCUT2D eigenvalue weighted by Crippen LogP contribution is 2.27. The Labute approximate surface area is 121 Å². The SMILES string of the molecule is CC(C)NC(=O)CNCc1ccn(C2CCCCC2)n1. The number of aromatic nitrogens is 2. The summed E-state index contributed by atoms with van der Waals surface area (Å²) in [6, 6.07) is 2.80. The first-order valence-corrected chi connectivity index (χ1v) is 7.69. The van der Waals surface area contributed by atoms with Crippen molar-refractivity contribution in [1.82, 2.24) is 20.4 Å². The van der Waals surface area contributed by atoms with Gasteiger partial charge < -0.3 is 10.6 Å². The van der Waals surface area contributed by atoms with Gasteiger partial charge in [0.05, 0.1) is 18.3 Å². The predicted molar refractivity (Wildman–Crippen MR) is 79.3 cm³/mol. The molecule has 112 valence electrons. The van der Waals surface area contributed by atoms with Crippen molar-refractivity contribution in [2.24, 2.45) is 0 Å². The summed E-state index contributed by atoms with van der Waals surface area (Å²) in [6.07, 6.45) is 8.54. The van der Waals surface area contributed by atoms with Crippen molar-refractivity contribution in [3.05, 3.63) is 18.0 Å². The molecule has 0 atom stereocenters. The first-order valence-electron chi connectivity index (χ1n) is 7.69. The fourth-order valence-electron chi connectivity index (χ4n) is 2.70. The summed E-state index contributed by atoms with van der Waals surface area (Å²) in [7, 11) is 0. The number of hydrogen-bond acceptors (Lipinski definition) is 3. The van der Waals surface area contributed by atoms with Crippen LogP contribution in [0.25, 0.3) is 0 Å². The van der Waals surface area contributed by atoms with E-state index in [1.165, 1.54) is 32.1 Å². The molecule has 0 aliphatic heterocycles. The third kappa shape index (κ3) is 4.63. The molecule has 1 amide bonds. The Bertz CT molecular complexity index is 421. The number of carbonyl (C=O) groups is 1. The van der Waals surface area contributed by atoms with E-state index in [0.29, 0.717) is 19.1 Å². The lowest BCUT2D eigenvalue weighted by atomic mass is 9.96. The van der Waals surface area contributed by atoms with Gasteiger partial charge in [0, 0.05) is 18.8 Å². The van der Waals surface area contributed by atoms with Crippen LogP contribution in [0.2, 0.25) is 0 Å². The smallest absolute Gasteiger partial charge is 0.234 e. The van der Waals surface area contributed by atoms with Gasteiger partial charge in [0.2, 0.25) is 5.91 Å². The number of nitrogens with zero attached hydrogens (tertiary/aromatic N) is 2. The van der Waals surface area contributed by atoms with Crippen LogP contribution in [-0.2, 0) is 11.3 Å². The molecule has 5 heteroatoms. The lowest BCUT2D eigenvalue weighted by molar-refractivity contribution is -0.120. The normalized spacial score (nSPS) is 16.6. The zero-order valence-corrected chi connectivity index (χ0v) is 12.6. The van der Waals surface area contributed by atoms with E-state index in [-0.39, 0.29) is 11.9 Å². The molecule has 0 bridgehead atoms. The standard InChI is InChI=1S/C15H26N4O/c1-12(2)17-15(20)11-16-10-13-8-9-19(18-13)14-6-4-3-5-7-14/h8-9,12,14,16H,3-7,10-11H2,1-2H3,(H,17,20). The molecule has 1 aliphatic rings. The minimum absolute atomic E-state index is 0.0340. The Morgan fingerprint density at radius 1 is 1.40 bits per heavy atom. The Morgan fingerprint density at radius 2 is 2.15 bits per heavy atom. The summed E-state index contributed by atoms with van der Waals surface area (Å²) < 4.78 is 2.10. The van der Waals surface area contributed by atoms with Gasteiger partial charge in [0.1, 0.15) is 0 Å². The van der Waals surface area contributed by atoms with Gasteiger partial charge in [-0.05, 0) is 32.8 Å². The maximum absolute atomic E-state index is 11.5. The van der Waals surface area contributed by atoms with Crippen LogP contribution < -0.4 is 10.6 Å². The fourth-order valence-corrected chi connectivity index (χ4v) is 2.70. The van der Waals surface area contributed by atoms with Gasteiger partial charge in [-0.15, -0.1) is 0 Å². The fraction of sp³-hybridized carbons (Fsp3) is 0.733. The van der Waals surface area contributed by atoms with E-state index < -0.39 is 0 Å². The molecule has 1 aromatic rings. The summed E-state index contributed by atoms with van der Waals surface area (Å²) in [5.41, 5.74) is 1.01. The zero-order valence-electron chi connectivity index (χ0n) is 12.6. The van der Waals surface area contributed by atoms with Crippen molar-refractivity contribution < 1.29 is 4.79 Å². The summed E-state index contributed by atoms with van der Waals surface area (Å²) >= 11 is 0. The van der Waals surface area contributed by atoms with Crippen LogP contribution in [0.1, 0.15) is 57.7 Å². The molecule has 20 heavy (non-hydrogen) atoms. The molecule has 1 fully saturated rings. The highest BCUT2D eigenvalue weighted by Gasteiger charge is 2.15. The van der Waals surface area contributed by atoms with E-state index in [0.717, 1.165) is 5.69 Å². The first-order chi connectivity index (χ1) is 9.65. The van der Waals surface area contributed by atoms with Gasteiger partial charge in [0.15, 0.2) is 0 Å². The van der Waals surface area contributed by atoms with Crippen LogP contribution in [0.3, 0.4) is 0 Å². The van der Waals surface area contributed by atoms with Crippen LogP contribution in [0.5, 0.6) is 0 Å². The minimum Gasteiger partial charge on any atom is -0.353 e. The Balaban J connectivity index is 1.74. The lowest BCUT2D eigenvalue weighted by Gasteiger charge is -2.21. The maximum Gasteiger partial charge on any atom is 0.234 e. The van der Waals surface area contributed by atoms with Crippen LogP contribution in [0.15, 0.2) is 12.3 Å². The monoisotopic (exact) mass is 278 g/mol. The third-order valence-electron chi connectivity index (χ3n) is 3.65. The zero-order chi connectivity index (χ0) is 14.4. The molecule has 1 aromatic heterocycles. The maximum atomic E-state index is 11.5. The molecule has 0 aromatic carbocycles. The molecule has 2 N–H and O–H groups in total. The number of nitrogens with one attached hydrogen (secondary N) is 2. The topological polar surface area (TPSA) is 59.0 Å². The van der Waals surface area contributed by atoms with E-state index >= 15 is 0 Å². The summed E-state index contributed by atoms with van der Waals surface area (Å²) in [5, 5.41) is 10.6. The largest absolute Gasteiger partial charge is 0.353 e. The molecule has 1 heterocycles. The number of amides is 1. The van der Waals surface area contributed by atoms with Crippen LogP contribution >= 0.6 is 0 Å². The van der Waals surface area contributed by atoms with E-state index in [4.69, 9.17) is 0 Å². The molecule has 5 nitrogen and oxygen atoms in total. The van der Waals surface area contributed by atoms with Crippen molar-refractivity contribution in [3.63, 3.8) is 0 Å². The van der Waals surface area contributed by atoms with E-state index in [2.05, 4.69) is 26.6 Å². The van der Waals surface area contributed by atoms with Crippen molar-refractivity contribution in [3.8, 4) is 0 Å². The molecular formula is C15H26N4O. The molecule has 0 unspecified atom stereocenters. The summed E-state index contributed by atoms with van der Waals surface area (Å²) in [6.45, 7) is 4.91. The quantitative estimate of drug-likeness (QED) is 0.837. The second-order valence-corrected chi connectivity index (χ2v) is 5.90. The average molecular weight is 278 g/mol. The van der Waals surface area contributed by atoms with Gasteiger partial charge in [-0.25, -0.2) is 0 Å². The molecular weight excluding hydrogens is 252 g/mol. The summed E-state index contributed by atoms with van der Waals surface area (Å²) in [5.74, 6) is 0.0340. The molecule has 2 rings (SSSR count). The first kappa shape index (κ1) is 15.0. The van der Waals surface area contributed by atoms with Crippen molar-refractivity contribution in [2.75, 3.05) is 6.54 Å². The Morgan fingerprint density at radius 3 is 2.85 bits per heavy atom. The van der Waals surface area contributed by atoms with Gasteiger partial charge in [-0.1, -0.05) is 19.3 Å². The lowest BCUT2D eigenvalue weighted by Crippen LogP contribution is -2.37. The van der Waals surface area contributed by atoms with Crippen molar-refractivity contribution in [1.29, 1.82) is 0 Å². The van der Waals surface area contributed by atoms with E-state index in [1.54, 1.807) is 0 Å². The number of carbonyl (C=O) groups excluding carboxylic acids is 1. The predicted octanol–water partition coefficient (Wildman–Crippen LogP) is 2.00. The van der Waals surface area contributed by atoms with Crippen LogP contribution in [-0.4, -0.2) is 28.3 Å². The van der Waals surface area contributed by atoms with Gasteiger partial charge in [0.25, 0.3) is 0 Å². The number of rotatable bonds is 6. The minimum atomic E-state index is 0.0340. The second-order valence-electron chi connectivity index (χ2n) is 5.90. The number of hydrogen-bond donors (Lipinski definition) is 2. The Kier molecular flexibility index (Phi) is 5.59. The third-order valence-corrected chi connectivity index (χ3v) is 3.65. The van der Waals surface area contributed by atoms with Crippen LogP contribution in [0.4, 0.5) is 0 Å². The highest BCUT2D eigenvalue weighted by atomic mass is 16.1. The van der Waals surface area contributed by atoms with Gasteiger partial charge in [-0.2, -0.15) is 5.10 Å². The van der Waals surface area contributed by atoms with Gasteiger partial charge >= 0.3 is 0 Å². The average Bonchev–Trinajstić information content (AvgIpc) is 2.88. The van der Waals surface area contributed by atoms with Crippen molar-refractivity contribution >= 4 is 5.91 Å². The molecule has 0 saturated heterocycles. The molecule has 1 aliphatic carbocycles. The Hall–Kier alpha value is -1.36. The highest BCUT2D eigenvalue weighted by molar-refractivity contribution is 5.78. The van der Waals surface area contributed by atoms with E-state index in [1.807, 2.05) is 19.9 Å². The van der Waals surface area contributed by atoms with Gasteiger partial charge in [-0.3, -0.25) is 9.48 Å². The van der Waals surface area contributed by atoms with Crippen molar-refractivity contribution in [2.45, 2.75) is 64.6 Å². The second kappa shape index (κ2) is 7.43. The summed E-state index contributed by atoms with van der Waals surface area (Å²) in [4.78, 5) is 11.5. The molecule has 1 saturated carbocycles.